The lowest BCUT2D eigenvalue weighted by Gasteiger charge is -2.18. The molecule has 0 unspecified atom stereocenters. The number of fused-ring (bicyclic) bond motifs is 4. The fourth-order valence-corrected chi connectivity index (χ4v) is 8.61. The van der Waals surface area contributed by atoms with Gasteiger partial charge in [-0.1, -0.05) is 188 Å². The minimum Gasteiger partial charge on any atom is -0.306 e. The molecule has 0 aliphatic carbocycles. The first-order valence-corrected chi connectivity index (χ1v) is 19.5. The van der Waals surface area contributed by atoms with E-state index in [0.717, 1.165) is 28.0 Å². The lowest BCUT2D eigenvalue weighted by Crippen LogP contribution is -1.91. The van der Waals surface area contributed by atoms with E-state index in [4.69, 9.17) is 4.98 Å². The lowest BCUT2D eigenvalue weighted by molar-refractivity contribution is 1.19. The summed E-state index contributed by atoms with van der Waals surface area (Å²) in [6.07, 6.45) is 4.20. The highest BCUT2D eigenvalue weighted by Crippen LogP contribution is 2.44. The van der Waals surface area contributed by atoms with E-state index < -0.39 is 0 Å². The van der Waals surface area contributed by atoms with Gasteiger partial charge in [0, 0.05) is 23.5 Å². The number of hydrogen-bond donors (Lipinski definition) is 0. The summed E-state index contributed by atoms with van der Waals surface area (Å²) >= 11 is 0. The highest BCUT2D eigenvalue weighted by molar-refractivity contribution is 6.21. The zero-order valence-electron chi connectivity index (χ0n) is 31.2. The van der Waals surface area contributed by atoms with Gasteiger partial charge in [0.1, 0.15) is 5.65 Å². The molecule has 9 aromatic carbocycles. The van der Waals surface area contributed by atoms with Crippen LogP contribution in [-0.2, 0) is 0 Å². The average Bonchev–Trinajstić information content (AvgIpc) is 3.74. The maximum absolute atomic E-state index is 5.12. The molecule has 0 bridgehead atoms. The van der Waals surface area contributed by atoms with Crippen molar-refractivity contribution in [2.75, 3.05) is 0 Å². The number of imidazole rings is 1. The van der Waals surface area contributed by atoms with Crippen LogP contribution < -0.4 is 0 Å². The lowest BCUT2D eigenvalue weighted by atomic mass is 9.85. The van der Waals surface area contributed by atoms with Gasteiger partial charge in [-0.25, -0.2) is 4.98 Å². The van der Waals surface area contributed by atoms with Gasteiger partial charge in [0.15, 0.2) is 0 Å². The van der Waals surface area contributed by atoms with Gasteiger partial charge in [0.25, 0.3) is 0 Å². The largest absolute Gasteiger partial charge is 0.306 e. The first-order chi connectivity index (χ1) is 28.2. The second-order valence-corrected chi connectivity index (χ2v) is 14.8. The van der Waals surface area contributed by atoms with Crippen LogP contribution in [0.1, 0.15) is 0 Å². The van der Waals surface area contributed by atoms with Gasteiger partial charge in [-0.15, -0.1) is 0 Å². The van der Waals surface area contributed by atoms with E-state index in [1.165, 1.54) is 76.8 Å². The monoisotopic (exact) mass is 724 g/mol. The predicted molar refractivity (Wildman–Crippen MR) is 240 cm³/mol. The Morgan fingerprint density at radius 2 is 0.772 bits per heavy atom. The summed E-state index contributed by atoms with van der Waals surface area (Å²) in [6.45, 7) is 0. The third-order valence-electron chi connectivity index (χ3n) is 11.4. The summed E-state index contributed by atoms with van der Waals surface area (Å²) in [6, 6.07) is 74.6. The van der Waals surface area contributed by atoms with Crippen LogP contribution in [0.2, 0.25) is 0 Å². The number of nitrogens with zero attached hydrogens (tertiary/aromatic N) is 2. The quantitative estimate of drug-likeness (QED) is 0.156. The summed E-state index contributed by atoms with van der Waals surface area (Å²) in [5.74, 6) is 0. The van der Waals surface area contributed by atoms with Crippen LogP contribution in [0.15, 0.2) is 219 Å². The van der Waals surface area contributed by atoms with Gasteiger partial charge >= 0.3 is 0 Å². The van der Waals surface area contributed by atoms with Crippen molar-refractivity contribution in [3.8, 4) is 66.9 Å². The maximum Gasteiger partial charge on any atom is 0.145 e. The van der Waals surface area contributed by atoms with Crippen LogP contribution >= 0.6 is 0 Å². The zero-order valence-corrected chi connectivity index (χ0v) is 31.2. The molecule has 0 saturated carbocycles. The van der Waals surface area contributed by atoms with Gasteiger partial charge in [-0.2, -0.15) is 0 Å². The zero-order chi connectivity index (χ0) is 37.7. The first kappa shape index (κ1) is 32.8. The molecule has 0 radical (unpaired) electrons. The van der Waals surface area contributed by atoms with E-state index in [2.05, 4.69) is 217 Å². The third-order valence-corrected chi connectivity index (χ3v) is 11.4. The van der Waals surface area contributed by atoms with E-state index in [1.807, 2.05) is 6.07 Å². The number of benzene rings is 9. The summed E-state index contributed by atoms with van der Waals surface area (Å²) in [5, 5.41) is 7.51. The predicted octanol–water partition coefficient (Wildman–Crippen LogP) is 14.8. The summed E-state index contributed by atoms with van der Waals surface area (Å²) < 4.78 is 2.13. The molecule has 2 heterocycles. The molecule has 0 spiro atoms. The molecule has 2 heteroatoms. The number of rotatable bonds is 6. The minimum atomic E-state index is 0.957. The van der Waals surface area contributed by atoms with Crippen LogP contribution in [0.3, 0.4) is 0 Å². The summed E-state index contributed by atoms with van der Waals surface area (Å²) in [4.78, 5) is 5.12. The van der Waals surface area contributed by atoms with E-state index in [9.17, 15) is 0 Å². The summed E-state index contributed by atoms with van der Waals surface area (Å²) in [7, 11) is 0. The Hall–Kier alpha value is -7.55. The third kappa shape index (κ3) is 5.78. The standard InChI is InChI=1S/C55H36N2/c1-2-12-41(13-3-1)47-19-10-34-57-36-52(56-55(47)57)42-27-31-44(32-28-42)54-50-17-8-6-15-48(50)53(49-16-7-9-18-51(49)54)43-29-24-39(25-30-43)38-20-22-40(23-21-38)46-33-26-37-11-4-5-14-45(37)35-46/h1-36H. The second-order valence-electron chi connectivity index (χ2n) is 14.8. The van der Waals surface area contributed by atoms with Crippen LogP contribution in [0, 0.1) is 0 Å². The highest BCUT2D eigenvalue weighted by atomic mass is 15.0. The maximum atomic E-state index is 5.12. The molecule has 0 N–H and O–H groups in total. The topological polar surface area (TPSA) is 17.3 Å². The fraction of sp³-hybridized carbons (Fsp3) is 0. The first-order valence-electron chi connectivity index (χ1n) is 19.5. The molecular formula is C55H36N2. The Balaban J connectivity index is 0.944. The minimum absolute atomic E-state index is 0.957. The van der Waals surface area contributed by atoms with Crippen molar-refractivity contribution in [2.24, 2.45) is 0 Å². The fourth-order valence-electron chi connectivity index (χ4n) is 8.61. The molecule has 266 valence electrons. The molecule has 11 aromatic rings. The Bertz CT molecular complexity index is 3190. The highest BCUT2D eigenvalue weighted by Gasteiger charge is 2.17. The number of pyridine rings is 1. The van der Waals surface area contributed by atoms with Crippen LogP contribution in [0.25, 0.3) is 105 Å². The SMILES string of the molecule is c1ccc(-c2cccn3cc(-c4ccc(-c5c6ccccc6c(-c6ccc(-c7ccc(-c8ccc9ccccc9c8)cc7)cc6)c6ccccc56)cc4)nc23)cc1. The molecular weight excluding hydrogens is 689 g/mol. The van der Waals surface area contributed by atoms with E-state index >= 15 is 0 Å². The van der Waals surface area contributed by atoms with Crippen LogP contribution in [0.4, 0.5) is 0 Å². The van der Waals surface area contributed by atoms with Crippen molar-refractivity contribution in [2.45, 2.75) is 0 Å². The normalized spacial score (nSPS) is 11.5. The van der Waals surface area contributed by atoms with Gasteiger partial charge in [-0.05, 0) is 101 Å². The van der Waals surface area contributed by atoms with Crippen LogP contribution in [-0.4, -0.2) is 9.38 Å². The molecule has 0 saturated heterocycles. The molecule has 0 atom stereocenters. The van der Waals surface area contributed by atoms with Crippen molar-refractivity contribution >= 4 is 38.0 Å². The Kier molecular flexibility index (Phi) is 7.86. The molecule has 0 fully saturated rings. The molecule has 11 rings (SSSR count). The number of hydrogen-bond acceptors (Lipinski definition) is 1. The second kappa shape index (κ2) is 13.6. The molecule has 2 aromatic heterocycles. The van der Waals surface area contributed by atoms with E-state index in [1.54, 1.807) is 0 Å². The van der Waals surface area contributed by atoms with Crippen molar-refractivity contribution < 1.29 is 0 Å². The molecule has 2 nitrogen and oxygen atoms in total. The Morgan fingerprint density at radius 3 is 1.35 bits per heavy atom. The van der Waals surface area contributed by atoms with Crippen molar-refractivity contribution in [1.82, 2.24) is 9.38 Å². The van der Waals surface area contributed by atoms with Crippen molar-refractivity contribution in [1.29, 1.82) is 0 Å². The molecule has 0 aliphatic heterocycles. The van der Waals surface area contributed by atoms with Gasteiger partial charge in [0.2, 0.25) is 0 Å². The van der Waals surface area contributed by atoms with Gasteiger partial charge in [-0.3, -0.25) is 0 Å². The van der Waals surface area contributed by atoms with Gasteiger partial charge < -0.3 is 4.40 Å². The van der Waals surface area contributed by atoms with Gasteiger partial charge in [0.05, 0.1) is 5.69 Å². The molecule has 0 amide bonds. The Morgan fingerprint density at radius 1 is 0.316 bits per heavy atom. The summed E-state index contributed by atoms with van der Waals surface area (Å²) in [5.41, 5.74) is 15.1. The molecule has 0 aliphatic rings. The van der Waals surface area contributed by atoms with Crippen molar-refractivity contribution in [3.63, 3.8) is 0 Å². The number of aromatic nitrogens is 2. The smallest absolute Gasteiger partial charge is 0.145 e. The van der Waals surface area contributed by atoms with Crippen LogP contribution in [0.5, 0.6) is 0 Å². The van der Waals surface area contributed by atoms with Crippen molar-refractivity contribution in [3.05, 3.63) is 219 Å². The average molecular weight is 725 g/mol. The van der Waals surface area contributed by atoms with E-state index in [0.29, 0.717) is 0 Å². The molecule has 57 heavy (non-hydrogen) atoms. The Labute approximate surface area is 331 Å². The van der Waals surface area contributed by atoms with E-state index in [-0.39, 0.29) is 0 Å².